The third-order valence-corrected chi connectivity index (χ3v) is 9.67. The van der Waals surface area contributed by atoms with Gasteiger partial charge < -0.3 is 15.6 Å². The fourth-order valence-corrected chi connectivity index (χ4v) is 7.60. The minimum atomic E-state index is -3.77. The number of nitrogens with one attached hydrogen (secondary N) is 1. The van der Waals surface area contributed by atoms with Gasteiger partial charge in [-0.15, -0.1) is 21.5 Å². The molecule has 0 bridgehead atoms. The number of aryl methyl sites for hydroxylation is 2. The van der Waals surface area contributed by atoms with Crippen molar-refractivity contribution in [1.82, 2.24) is 44.6 Å². The minimum absolute atomic E-state index is 0.00235. The average Bonchev–Trinajstić information content (AvgIpc) is 3.67. The molecule has 1 amide bonds. The van der Waals surface area contributed by atoms with Gasteiger partial charge in [0.2, 0.25) is 5.82 Å². The maximum absolute atomic E-state index is 13.3. The molecule has 42 heavy (non-hydrogen) atoms. The van der Waals surface area contributed by atoms with Crippen LogP contribution in [0, 0.1) is 13.8 Å². The number of fused-ring (bicyclic) bond motifs is 1. The summed E-state index contributed by atoms with van der Waals surface area (Å²) in [7, 11) is -3.77. The van der Waals surface area contributed by atoms with Crippen LogP contribution in [0.15, 0.2) is 35.6 Å². The number of likely N-dealkylation sites (tertiary alicyclic amines) is 1. The van der Waals surface area contributed by atoms with Crippen molar-refractivity contribution in [3.63, 3.8) is 0 Å². The van der Waals surface area contributed by atoms with Crippen LogP contribution in [-0.4, -0.2) is 77.3 Å². The molecule has 0 radical (unpaired) electrons. The number of pyridine rings is 1. The van der Waals surface area contributed by atoms with E-state index < -0.39 is 9.84 Å². The largest absolute Gasteiger partial charge is 0.382 e. The summed E-state index contributed by atoms with van der Waals surface area (Å²) in [5, 5.41) is 13.1. The number of carbonyl (C=O) groups is 1. The number of H-pyrrole nitrogens is 1. The monoisotopic (exact) mass is 606 g/mol. The van der Waals surface area contributed by atoms with Gasteiger partial charge in [0.25, 0.3) is 5.91 Å². The van der Waals surface area contributed by atoms with Gasteiger partial charge >= 0.3 is 0 Å². The Bertz CT molecular complexity index is 1910. The molecule has 1 unspecified atom stereocenters. The zero-order valence-electron chi connectivity index (χ0n) is 23.7. The van der Waals surface area contributed by atoms with Gasteiger partial charge in [0, 0.05) is 52.7 Å². The Morgan fingerprint density at radius 2 is 1.81 bits per heavy atom. The topological polar surface area (TPSA) is 178 Å². The zero-order valence-corrected chi connectivity index (χ0v) is 25.4. The number of hydrogen-bond acceptors (Lipinski definition) is 11. The van der Waals surface area contributed by atoms with Gasteiger partial charge in [-0.2, -0.15) is 9.61 Å². The van der Waals surface area contributed by atoms with Crippen molar-refractivity contribution in [2.75, 3.05) is 12.0 Å². The van der Waals surface area contributed by atoms with E-state index >= 15 is 0 Å². The van der Waals surface area contributed by atoms with E-state index in [0.717, 1.165) is 27.4 Å². The lowest BCUT2D eigenvalue weighted by Gasteiger charge is -2.42. The molecular formula is C27H30N10O3S2. The van der Waals surface area contributed by atoms with E-state index in [1.165, 1.54) is 4.52 Å². The van der Waals surface area contributed by atoms with E-state index in [9.17, 15) is 13.2 Å². The third kappa shape index (κ3) is 4.81. The summed E-state index contributed by atoms with van der Waals surface area (Å²) in [4.78, 5) is 32.9. The molecule has 6 heterocycles. The number of thiazole rings is 1. The lowest BCUT2D eigenvalue weighted by molar-refractivity contribution is 0.0462. The van der Waals surface area contributed by atoms with Gasteiger partial charge in [0.05, 0.1) is 17.6 Å². The molecule has 13 nitrogen and oxygen atoms in total. The lowest BCUT2D eigenvalue weighted by Crippen LogP contribution is -2.50. The van der Waals surface area contributed by atoms with Gasteiger partial charge in [0.15, 0.2) is 15.5 Å². The first-order chi connectivity index (χ1) is 19.9. The van der Waals surface area contributed by atoms with E-state index in [0.29, 0.717) is 35.6 Å². The summed E-state index contributed by atoms with van der Waals surface area (Å²) < 4.78 is 27.5. The second-order valence-electron chi connectivity index (χ2n) is 10.8. The summed E-state index contributed by atoms with van der Waals surface area (Å²) in [6.45, 7) is 7.60. The zero-order chi connectivity index (χ0) is 29.9. The quantitative estimate of drug-likeness (QED) is 0.301. The SMILES string of the molecule is Cc1nnc(C(=O)N2C(C)C[C@@H](c3nc4c(-c5ccc(-c6ncc(C)s6)nc5)cnn4c(N)c3S(C)(=O)=O)C[C@@H]2C)[nH]1. The van der Waals surface area contributed by atoms with Crippen LogP contribution >= 0.6 is 11.3 Å². The number of aromatic nitrogens is 8. The molecule has 1 saturated heterocycles. The van der Waals surface area contributed by atoms with Crippen LogP contribution in [0.2, 0.25) is 0 Å². The molecule has 3 atom stereocenters. The fourth-order valence-electron chi connectivity index (χ4n) is 5.80. The highest BCUT2D eigenvalue weighted by atomic mass is 32.2. The van der Waals surface area contributed by atoms with Crippen LogP contribution in [-0.2, 0) is 9.84 Å². The summed E-state index contributed by atoms with van der Waals surface area (Å²) >= 11 is 1.56. The molecule has 3 N–H and O–H groups in total. The highest BCUT2D eigenvalue weighted by Crippen LogP contribution is 2.40. The van der Waals surface area contributed by atoms with Crippen molar-refractivity contribution in [3.8, 4) is 21.8 Å². The second kappa shape index (κ2) is 10.2. The van der Waals surface area contributed by atoms with Crippen LogP contribution in [0.25, 0.3) is 27.5 Å². The highest BCUT2D eigenvalue weighted by molar-refractivity contribution is 7.91. The smallest absolute Gasteiger partial charge is 0.292 e. The molecule has 0 saturated carbocycles. The first-order valence-corrected chi connectivity index (χ1v) is 16.1. The first kappa shape index (κ1) is 27.9. The number of nitrogens with zero attached hydrogens (tertiary/aromatic N) is 8. The van der Waals surface area contributed by atoms with Crippen molar-refractivity contribution >= 4 is 38.5 Å². The van der Waals surface area contributed by atoms with E-state index in [-0.39, 0.29) is 40.4 Å². The van der Waals surface area contributed by atoms with E-state index in [2.05, 4.69) is 30.2 Å². The van der Waals surface area contributed by atoms with Gasteiger partial charge in [-0.3, -0.25) is 9.78 Å². The molecule has 5 aromatic rings. The molecule has 6 rings (SSSR count). The van der Waals surface area contributed by atoms with E-state index in [1.807, 2.05) is 39.1 Å². The third-order valence-electron chi connectivity index (χ3n) is 7.57. The number of nitrogens with two attached hydrogens (primary N) is 1. The van der Waals surface area contributed by atoms with Crippen LogP contribution in [0.3, 0.4) is 0 Å². The first-order valence-electron chi connectivity index (χ1n) is 13.4. The number of nitrogen functional groups attached to an aromatic ring is 1. The molecule has 5 aromatic heterocycles. The summed E-state index contributed by atoms with van der Waals surface area (Å²) in [5.41, 5.74) is 9.51. The fraction of sp³-hybridized carbons (Fsp3) is 0.370. The number of amides is 1. The standard InChI is InChI=1S/C27H30N10O3S2/c1-13-8-18(9-14(2)36(13)27(38)24-32-16(4)34-35-24)21-22(42(5,39)40)23(28)37-25(33-21)19(12-31-37)17-6-7-20(29-11-17)26-30-10-15(3)41-26/h6-7,10-14,18H,8-9,28H2,1-5H3,(H,32,34,35)/t13-,14?,18-/m0/s1. The summed E-state index contributed by atoms with van der Waals surface area (Å²) in [5.74, 6) is 0.214. The Morgan fingerprint density at radius 1 is 1.07 bits per heavy atom. The molecule has 1 fully saturated rings. The summed E-state index contributed by atoms with van der Waals surface area (Å²) in [6, 6.07) is 3.36. The minimum Gasteiger partial charge on any atom is -0.382 e. The predicted molar refractivity (Wildman–Crippen MR) is 158 cm³/mol. The molecule has 0 aromatic carbocycles. The number of hydrogen-bond donors (Lipinski definition) is 2. The Balaban J connectivity index is 1.40. The number of piperidine rings is 1. The van der Waals surface area contributed by atoms with Crippen LogP contribution in [0.1, 0.15) is 59.6 Å². The summed E-state index contributed by atoms with van der Waals surface area (Å²) in [6.07, 6.45) is 7.25. The molecule has 15 heteroatoms. The molecular weight excluding hydrogens is 576 g/mol. The molecule has 0 aliphatic carbocycles. The van der Waals surface area contributed by atoms with E-state index in [4.69, 9.17) is 10.7 Å². The number of anilines is 1. The van der Waals surface area contributed by atoms with Gasteiger partial charge in [-0.05, 0) is 46.6 Å². The number of carbonyl (C=O) groups excluding carboxylic acids is 1. The number of sulfone groups is 1. The molecule has 0 spiro atoms. The Labute approximate surface area is 246 Å². The molecule has 1 aliphatic rings. The lowest BCUT2D eigenvalue weighted by atomic mass is 9.84. The van der Waals surface area contributed by atoms with Crippen molar-refractivity contribution < 1.29 is 13.2 Å². The second-order valence-corrected chi connectivity index (χ2v) is 14.0. The Kier molecular flexibility index (Phi) is 6.80. The van der Waals surface area contributed by atoms with Crippen molar-refractivity contribution in [3.05, 3.63) is 52.9 Å². The maximum Gasteiger partial charge on any atom is 0.292 e. The van der Waals surface area contributed by atoms with Crippen molar-refractivity contribution in [2.45, 2.75) is 63.4 Å². The van der Waals surface area contributed by atoms with Crippen molar-refractivity contribution in [2.24, 2.45) is 0 Å². The van der Waals surface area contributed by atoms with Crippen LogP contribution in [0.4, 0.5) is 5.82 Å². The van der Waals surface area contributed by atoms with Gasteiger partial charge in [0.1, 0.15) is 21.5 Å². The number of aromatic amines is 1. The Hall–Kier alpha value is -4.24. The average molecular weight is 607 g/mol. The van der Waals surface area contributed by atoms with E-state index in [1.54, 1.807) is 35.6 Å². The molecule has 1 aliphatic heterocycles. The van der Waals surface area contributed by atoms with Crippen molar-refractivity contribution in [1.29, 1.82) is 0 Å². The molecule has 218 valence electrons. The van der Waals surface area contributed by atoms with Crippen LogP contribution in [0.5, 0.6) is 0 Å². The van der Waals surface area contributed by atoms with Gasteiger partial charge in [-0.1, -0.05) is 6.07 Å². The predicted octanol–water partition coefficient (Wildman–Crippen LogP) is 3.43. The highest BCUT2D eigenvalue weighted by Gasteiger charge is 2.39. The van der Waals surface area contributed by atoms with Gasteiger partial charge in [-0.25, -0.2) is 18.4 Å². The number of rotatable bonds is 5. The van der Waals surface area contributed by atoms with Crippen LogP contribution < -0.4 is 5.73 Å². The normalized spacial score (nSPS) is 19.5. The maximum atomic E-state index is 13.3. The Morgan fingerprint density at radius 3 is 2.38 bits per heavy atom.